The molecule has 120 valence electrons. The molecule has 21 heavy (non-hydrogen) atoms. The average molecular weight is 314 g/mol. The van der Waals surface area contributed by atoms with Crippen LogP contribution in [0.3, 0.4) is 0 Å². The Balaban J connectivity index is 2.35. The lowest BCUT2D eigenvalue weighted by atomic mass is 9.93. The third-order valence-corrected chi connectivity index (χ3v) is 6.23. The number of rotatable bonds is 5. The smallest absolute Gasteiger partial charge is 0.246 e. The van der Waals surface area contributed by atoms with E-state index in [0.29, 0.717) is 42.5 Å². The van der Waals surface area contributed by atoms with Crippen LogP contribution in [0.15, 0.2) is 4.90 Å². The van der Waals surface area contributed by atoms with Gasteiger partial charge in [0, 0.05) is 19.6 Å². The summed E-state index contributed by atoms with van der Waals surface area (Å²) in [5.74, 6) is 0. The Bertz CT molecular complexity index is 619. The molecule has 0 bridgehead atoms. The first-order valence-electron chi connectivity index (χ1n) is 7.43. The molecule has 1 aliphatic heterocycles. The van der Waals surface area contributed by atoms with Crippen LogP contribution < -0.4 is 5.73 Å². The van der Waals surface area contributed by atoms with Crippen LogP contribution >= 0.6 is 0 Å². The highest BCUT2D eigenvalue weighted by molar-refractivity contribution is 7.89. The number of nitrogens with zero attached hydrogens (tertiary/aromatic N) is 3. The summed E-state index contributed by atoms with van der Waals surface area (Å²) in [6.45, 7) is 10.2. The van der Waals surface area contributed by atoms with Crippen LogP contribution in [0.4, 0.5) is 0 Å². The molecule has 7 heteroatoms. The number of hydrogen-bond donors (Lipinski definition) is 1. The highest BCUT2D eigenvalue weighted by atomic mass is 32.2. The zero-order valence-corrected chi connectivity index (χ0v) is 14.2. The molecule has 0 atom stereocenters. The predicted octanol–water partition coefficient (Wildman–Crippen LogP) is 1.27. The van der Waals surface area contributed by atoms with Crippen LogP contribution in [0.5, 0.6) is 0 Å². The van der Waals surface area contributed by atoms with E-state index in [1.54, 1.807) is 15.9 Å². The van der Waals surface area contributed by atoms with Crippen LogP contribution in [0.2, 0.25) is 0 Å². The van der Waals surface area contributed by atoms with E-state index in [2.05, 4.69) is 18.9 Å². The fourth-order valence-electron chi connectivity index (χ4n) is 2.91. The van der Waals surface area contributed by atoms with E-state index in [-0.39, 0.29) is 5.41 Å². The summed E-state index contributed by atoms with van der Waals surface area (Å²) < 4.78 is 29.2. The van der Waals surface area contributed by atoms with Crippen LogP contribution in [0, 0.1) is 19.3 Å². The van der Waals surface area contributed by atoms with Crippen molar-refractivity contribution in [3.63, 3.8) is 0 Å². The summed E-state index contributed by atoms with van der Waals surface area (Å²) in [5, 5.41) is 4.38. The summed E-state index contributed by atoms with van der Waals surface area (Å²) >= 11 is 0. The lowest BCUT2D eigenvalue weighted by molar-refractivity contribution is 0.375. The minimum absolute atomic E-state index is 0.0461. The second kappa shape index (κ2) is 5.70. The monoisotopic (exact) mass is 314 g/mol. The molecule has 2 rings (SSSR count). The molecule has 2 N–H and O–H groups in total. The third-order valence-electron chi connectivity index (χ3n) is 4.13. The highest BCUT2D eigenvalue weighted by Crippen LogP contribution is 2.34. The summed E-state index contributed by atoms with van der Waals surface area (Å²) in [6, 6.07) is 0. The molecular formula is C14H26N4O2S. The molecule has 0 amide bonds. The fourth-order valence-corrected chi connectivity index (χ4v) is 4.91. The molecule has 1 saturated heterocycles. The Hall–Kier alpha value is -0.920. The van der Waals surface area contributed by atoms with E-state index in [9.17, 15) is 8.42 Å². The Morgan fingerprint density at radius 2 is 2.00 bits per heavy atom. The average Bonchev–Trinajstić information content (AvgIpc) is 2.87. The molecule has 0 unspecified atom stereocenters. The first-order valence-corrected chi connectivity index (χ1v) is 8.87. The SMILES string of the molecule is Cc1nn(CCCN)c(C)c1S(=O)(=O)N1CCC(C)(C)C1. The molecule has 0 saturated carbocycles. The quantitative estimate of drug-likeness (QED) is 0.887. The van der Waals surface area contributed by atoms with Gasteiger partial charge in [0.25, 0.3) is 0 Å². The van der Waals surface area contributed by atoms with Crippen molar-refractivity contribution in [2.45, 2.75) is 52.0 Å². The van der Waals surface area contributed by atoms with Gasteiger partial charge in [-0.1, -0.05) is 13.8 Å². The maximum atomic E-state index is 12.9. The van der Waals surface area contributed by atoms with Gasteiger partial charge in [-0.15, -0.1) is 0 Å². The normalized spacial score (nSPS) is 19.3. The zero-order chi connectivity index (χ0) is 15.8. The second-order valence-electron chi connectivity index (χ2n) is 6.62. The predicted molar refractivity (Wildman–Crippen MR) is 82.5 cm³/mol. The van der Waals surface area contributed by atoms with Gasteiger partial charge in [-0.05, 0) is 38.6 Å². The second-order valence-corrected chi connectivity index (χ2v) is 8.49. The van der Waals surface area contributed by atoms with Crippen LogP contribution in [0.25, 0.3) is 0 Å². The van der Waals surface area contributed by atoms with Gasteiger partial charge in [-0.2, -0.15) is 9.40 Å². The molecule has 6 nitrogen and oxygen atoms in total. The summed E-state index contributed by atoms with van der Waals surface area (Å²) in [7, 11) is -3.46. The first-order chi connectivity index (χ1) is 9.69. The molecule has 0 aliphatic carbocycles. The van der Waals surface area contributed by atoms with E-state index in [1.807, 2.05) is 6.92 Å². The maximum Gasteiger partial charge on any atom is 0.246 e. The molecule has 0 spiro atoms. The van der Waals surface area contributed by atoms with Gasteiger partial charge in [-0.3, -0.25) is 4.68 Å². The Morgan fingerprint density at radius 1 is 1.33 bits per heavy atom. The van der Waals surface area contributed by atoms with Gasteiger partial charge >= 0.3 is 0 Å². The van der Waals surface area contributed by atoms with Crippen LogP contribution in [-0.4, -0.2) is 42.1 Å². The lowest BCUT2D eigenvalue weighted by Crippen LogP contribution is -2.31. The molecule has 1 aromatic rings. The van der Waals surface area contributed by atoms with E-state index >= 15 is 0 Å². The van der Waals surface area contributed by atoms with E-state index in [0.717, 1.165) is 12.8 Å². The van der Waals surface area contributed by atoms with Gasteiger partial charge in [-0.25, -0.2) is 8.42 Å². The first kappa shape index (κ1) is 16.5. The van der Waals surface area contributed by atoms with Crippen molar-refractivity contribution in [1.82, 2.24) is 14.1 Å². The topological polar surface area (TPSA) is 81.2 Å². The van der Waals surface area contributed by atoms with Crippen molar-refractivity contribution in [3.8, 4) is 0 Å². The van der Waals surface area contributed by atoms with Crippen molar-refractivity contribution >= 4 is 10.0 Å². The van der Waals surface area contributed by atoms with Gasteiger partial charge in [0.15, 0.2) is 0 Å². The molecule has 2 heterocycles. The molecule has 0 radical (unpaired) electrons. The molecule has 1 fully saturated rings. The van der Waals surface area contributed by atoms with Gasteiger partial charge in [0.1, 0.15) is 4.90 Å². The minimum Gasteiger partial charge on any atom is -0.330 e. The van der Waals surface area contributed by atoms with Gasteiger partial charge < -0.3 is 5.73 Å². The number of aryl methyl sites for hydroxylation is 2. The van der Waals surface area contributed by atoms with Crippen molar-refractivity contribution in [1.29, 1.82) is 0 Å². The van der Waals surface area contributed by atoms with E-state index < -0.39 is 10.0 Å². The van der Waals surface area contributed by atoms with Crippen molar-refractivity contribution < 1.29 is 8.42 Å². The summed E-state index contributed by atoms with van der Waals surface area (Å²) in [5.41, 5.74) is 6.86. The van der Waals surface area contributed by atoms with Crippen molar-refractivity contribution in [2.24, 2.45) is 11.1 Å². The number of hydrogen-bond acceptors (Lipinski definition) is 4. The maximum absolute atomic E-state index is 12.9. The molecule has 1 aromatic heterocycles. The highest BCUT2D eigenvalue weighted by Gasteiger charge is 2.39. The lowest BCUT2D eigenvalue weighted by Gasteiger charge is -2.20. The zero-order valence-electron chi connectivity index (χ0n) is 13.4. The van der Waals surface area contributed by atoms with Crippen LogP contribution in [-0.2, 0) is 16.6 Å². The molecule has 0 aromatic carbocycles. The number of nitrogens with two attached hydrogens (primary N) is 1. The van der Waals surface area contributed by atoms with Gasteiger partial charge in [0.05, 0.1) is 11.4 Å². The van der Waals surface area contributed by atoms with E-state index in [1.165, 1.54) is 0 Å². The largest absolute Gasteiger partial charge is 0.330 e. The minimum atomic E-state index is -3.46. The third kappa shape index (κ3) is 3.14. The van der Waals surface area contributed by atoms with E-state index in [4.69, 9.17) is 5.73 Å². The Labute approximate surface area is 127 Å². The molecule has 1 aliphatic rings. The van der Waals surface area contributed by atoms with Gasteiger partial charge in [0.2, 0.25) is 10.0 Å². The Morgan fingerprint density at radius 3 is 2.52 bits per heavy atom. The molecular weight excluding hydrogens is 288 g/mol. The fraction of sp³-hybridized carbons (Fsp3) is 0.786. The number of aromatic nitrogens is 2. The summed E-state index contributed by atoms with van der Waals surface area (Å²) in [6.07, 6.45) is 1.68. The van der Waals surface area contributed by atoms with Crippen LogP contribution in [0.1, 0.15) is 38.1 Å². The van der Waals surface area contributed by atoms with Crippen molar-refractivity contribution in [3.05, 3.63) is 11.4 Å². The Kier molecular flexibility index (Phi) is 4.46. The standard InChI is InChI=1S/C14H26N4O2S/c1-11-13(12(2)18(16-11)8-5-7-15)21(19,20)17-9-6-14(3,4)10-17/h5-10,15H2,1-4H3. The number of sulfonamides is 1. The summed E-state index contributed by atoms with van der Waals surface area (Å²) in [4.78, 5) is 0.372. The van der Waals surface area contributed by atoms with Crippen molar-refractivity contribution in [2.75, 3.05) is 19.6 Å².